The Labute approximate surface area is 217 Å². The number of benzene rings is 3. The van der Waals surface area contributed by atoms with Gasteiger partial charge >= 0.3 is 12.3 Å². The number of nitrogens with zero attached hydrogens (tertiary/aromatic N) is 1. The fourth-order valence-corrected chi connectivity index (χ4v) is 4.93. The molecule has 2 fully saturated rings. The molecule has 1 aliphatic carbocycles. The van der Waals surface area contributed by atoms with E-state index < -0.39 is 18.1 Å². The Morgan fingerprint density at radius 1 is 0.974 bits per heavy atom. The van der Waals surface area contributed by atoms with Gasteiger partial charge in [0, 0.05) is 36.7 Å². The normalized spacial score (nSPS) is 16.1. The van der Waals surface area contributed by atoms with Crippen LogP contribution in [0.4, 0.5) is 17.6 Å². The quantitative estimate of drug-likeness (QED) is 0.232. The molecule has 0 N–H and O–H groups in total. The lowest BCUT2D eigenvalue weighted by molar-refractivity contribution is -0.274. The van der Waals surface area contributed by atoms with Gasteiger partial charge in [-0.2, -0.15) is 0 Å². The molecule has 3 aromatic carbocycles. The van der Waals surface area contributed by atoms with Gasteiger partial charge in [0.15, 0.2) is 0 Å². The molecule has 1 heterocycles. The van der Waals surface area contributed by atoms with Gasteiger partial charge in [-0.25, -0.2) is 9.18 Å². The summed E-state index contributed by atoms with van der Waals surface area (Å²) >= 11 is 0. The molecule has 1 saturated heterocycles. The van der Waals surface area contributed by atoms with E-state index in [-0.39, 0.29) is 23.1 Å². The highest BCUT2D eigenvalue weighted by atomic mass is 19.4. The van der Waals surface area contributed by atoms with E-state index in [4.69, 9.17) is 4.74 Å². The standard InChI is InChI=1S/C29H27F4NO4/c1-36-28(35)22-12-13-23(26(27(22)30)20-10-11-20)37-17-18-14-34(15-18)16-21-8-5-9-24(38-29(31,32)33)25(21)19-6-3-2-4-7-19/h2-9,12-13,18,20H,10-11,14-17H2,1H3. The number of rotatable bonds is 9. The van der Waals surface area contributed by atoms with E-state index in [1.165, 1.54) is 19.2 Å². The lowest BCUT2D eigenvalue weighted by Gasteiger charge is -2.39. The smallest absolute Gasteiger partial charge is 0.493 e. The molecule has 200 valence electrons. The van der Waals surface area contributed by atoms with Crippen molar-refractivity contribution in [3.63, 3.8) is 0 Å². The molecule has 1 aliphatic heterocycles. The Hall–Kier alpha value is -3.59. The minimum Gasteiger partial charge on any atom is -0.493 e. The lowest BCUT2D eigenvalue weighted by Crippen LogP contribution is -2.48. The van der Waals surface area contributed by atoms with E-state index in [0.717, 1.165) is 18.4 Å². The van der Waals surface area contributed by atoms with Gasteiger partial charge in [-0.05, 0) is 48.1 Å². The fourth-order valence-electron chi connectivity index (χ4n) is 4.93. The largest absolute Gasteiger partial charge is 0.573 e. The van der Waals surface area contributed by atoms with E-state index in [9.17, 15) is 18.0 Å². The van der Waals surface area contributed by atoms with Crippen molar-refractivity contribution in [3.05, 3.63) is 83.2 Å². The second-order valence-corrected chi connectivity index (χ2v) is 9.68. The maximum Gasteiger partial charge on any atom is 0.573 e. The van der Waals surface area contributed by atoms with Gasteiger partial charge in [-0.15, -0.1) is 13.2 Å². The van der Waals surface area contributed by atoms with Crippen LogP contribution in [0.1, 0.15) is 40.2 Å². The van der Waals surface area contributed by atoms with Gasteiger partial charge in [0.25, 0.3) is 0 Å². The van der Waals surface area contributed by atoms with Crippen LogP contribution in [0.3, 0.4) is 0 Å². The molecule has 0 unspecified atom stereocenters. The minimum absolute atomic E-state index is 0.0371. The highest BCUT2D eigenvalue weighted by molar-refractivity contribution is 5.90. The Bertz CT molecular complexity index is 1300. The van der Waals surface area contributed by atoms with Crippen molar-refractivity contribution in [2.75, 3.05) is 26.8 Å². The molecule has 0 spiro atoms. The molecule has 0 radical (unpaired) electrons. The zero-order valence-electron chi connectivity index (χ0n) is 20.8. The molecule has 0 bridgehead atoms. The van der Waals surface area contributed by atoms with Crippen molar-refractivity contribution in [2.24, 2.45) is 5.92 Å². The average Bonchev–Trinajstić information content (AvgIpc) is 3.69. The molecule has 38 heavy (non-hydrogen) atoms. The highest BCUT2D eigenvalue weighted by Crippen LogP contribution is 2.46. The van der Waals surface area contributed by atoms with Crippen molar-refractivity contribution in [1.29, 1.82) is 0 Å². The van der Waals surface area contributed by atoms with Crippen LogP contribution in [0, 0.1) is 11.7 Å². The number of carbonyl (C=O) groups is 1. The van der Waals surface area contributed by atoms with E-state index in [2.05, 4.69) is 14.4 Å². The van der Waals surface area contributed by atoms with Crippen molar-refractivity contribution < 1.29 is 36.6 Å². The number of methoxy groups -OCH3 is 1. The first-order valence-electron chi connectivity index (χ1n) is 12.4. The van der Waals surface area contributed by atoms with Crippen LogP contribution in [0.25, 0.3) is 11.1 Å². The first-order valence-corrected chi connectivity index (χ1v) is 12.4. The monoisotopic (exact) mass is 529 g/mol. The van der Waals surface area contributed by atoms with Gasteiger partial charge in [0.1, 0.15) is 17.3 Å². The molecule has 2 aliphatic rings. The van der Waals surface area contributed by atoms with Crippen LogP contribution in [-0.4, -0.2) is 44.0 Å². The molecule has 3 aromatic rings. The van der Waals surface area contributed by atoms with Gasteiger partial charge in [0.05, 0.1) is 19.3 Å². The first kappa shape index (κ1) is 26.0. The Morgan fingerprint density at radius 3 is 2.37 bits per heavy atom. The predicted octanol–water partition coefficient (Wildman–Crippen LogP) is 6.57. The summed E-state index contributed by atoms with van der Waals surface area (Å²) in [7, 11) is 1.22. The minimum atomic E-state index is -4.80. The summed E-state index contributed by atoms with van der Waals surface area (Å²) < 4.78 is 69.3. The number of carbonyl (C=O) groups excluding carboxylic acids is 1. The van der Waals surface area contributed by atoms with Gasteiger partial charge in [0.2, 0.25) is 0 Å². The third kappa shape index (κ3) is 5.78. The summed E-state index contributed by atoms with van der Waals surface area (Å²) in [6.07, 6.45) is -3.11. The van der Waals surface area contributed by atoms with Crippen LogP contribution >= 0.6 is 0 Å². The SMILES string of the molecule is COC(=O)c1ccc(OCC2CN(Cc3cccc(OC(F)(F)F)c3-c3ccccc3)C2)c(C2CC2)c1F. The zero-order valence-corrected chi connectivity index (χ0v) is 20.8. The summed E-state index contributed by atoms with van der Waals surface area (Å²) in [5.41, 5.74) is 2.13. The van der Waals surface area contributed by atoms with E-state index in [1.807, 2.05) is 6.07 Å². The molecular weight excluding hydrogens is 502 g/mol. The van der Waals surface area contributed by atoms with Crippen molar-refractivity contribution >= 4 is 5.97 Å². The number of ether oxygens (including phenoxy) is 3. The van der Waals surface area contributed by atoms with Crippen LogP contribution in [-0.2, 0) is 11.3 Å². The first-order chi connectivity index (χ1) is 18.2. The summed E-state index contributed by atoms with van der Waals surface area (Å²) in [4.78, 5) is 14.0. The van der Waals surface area contributed by atoms with Crippen molar-refractivity contribution in [1.82, 2.24) is 4.90 Å². The number of likely N-dealkylation sites (tertiary alicyclic amines) is 1. The summed E-state index contributed by atoms with van der Waals surface area (Å²) in [6, 6.07) is 16.6. The van der Waals surface area contributed by atoms with Crippen LogP contribution in [0.2, 0.25) is 0 Å². The average molecular weight is 530 g/mol. The predicted molar refractivity (Wildman–Crippen MR) is 133 cm³/mol. The maximum atomic E-state index is 15.0. The summed E-state index contributed by atoms with van der Waals surface area (Å²) in [6.45, 7) is 2.18. The Kier molecular flexibility index (Phi) is 7.29. The fraction of sp³-hybridized carbons (Fsp3) is 0.345. The number of esters is 1. The van der Waals surface area contributed by atoms with Crippen LogP contribution in [0.5, 0.6) is 11.5 Å². The third-order valence-corrected chi connectivity index (χ3v) is 6.83. The number of halogens is 4. The second-order valence-electron chi connectivity index (χ2n) is 9.68. The van der Waals surface area contributed by atoms with Gasteiger partial charge < -0.3 is 14.2 Å². The number of alkyl halides is 3. The number of hydrogen-bond donors (Lipinski definition) is 0. The van der Waals surface area contributed by atoms with Gasteiger partial charge in [-0.3, -0.25) is 4.90 Å². The molecule has 1 saturated carbocycles. The van der Waals surface area contributed by atoms with E-state index >= 15 is 4.39 Å². The molecular formula is C29H27F4NO4. The maximum absolute atomic E-state index is 15.0. The molecule has 0 aromatic heterocycles. The summed E-state index contributed by atoms with van der Waals surface area (Å²) in [5.74, 6) is -0.868. The second kappa shape index (κ2) is 10.6. The van der Waals surface area contributed by atoms with E-state index in [1.54, 1.807) is 42.5 Å². The Morgan fingerprint density at radius 2 is 1.71 bits per heavy atom. The highest BCUT2D eigenvalue weighted by Gasteiger charge is 2.35. The van der Waals surface area contributed by atoms with Crippen molar-refractivity contribution in [2.45, 2.75) is 31.7 Å². The summed E-state index contributed by atoms with van der Waals surface area (Å²) in [5, 5.41) is 0. The number of hydrogen-bond acceptors (Lipinski definition) is 5. The van der Waals surface area contributed by atoms with E-state index in [0.29, 0.717) is 48.7 Å². The molecule has 9 heteroatoms. The molecule has 0 amide bonds. The Balaban J connectivity index is 1.25. The van der Waals surface area contributed by atoms with Gasteiger partial charge in [-0.1, -0.05) is 42.5 Å². The van der Waals surface area contributed by atoms with Crippen LogP contribution < -0.4 is 9.47 Å². The molecule has 5 rings (SSSR count). The molecule has 0 atom stereocenters. The van der Waals surface area contributed by atoms with Crippen LogP contribution in [0.15, 0.2) is 60.7 Å². The van der Waals surface area contributed by atoms with Crippen molar-refractivity contribution in [3.8, 4) is 22.6 Å². The third-order valence-electron chi connectivity index (χ3n) is 6.83. The zero-order chi connectivity index (χ0) is 26.9. The topological polar surface area (TPSA) is 48.0 Å². The molecule has 5 nitrogen and oxygen atoms in total. The lowest BCUT2D eigenvalue weighted by atomic mass is 9.95.